The van der Waals surface area contributed by atoms with Gasteiger partial charge in [0, 0.05) is 49.5 Å². The maximum absolute atomic E-state index is 11.9. The predicted octanol–water partition coefficient (Wildman–Crippen LogP) is 4.07. The Labute approximate surface area is 205 Å². The van der Waals surface area contributed by atoms with Gasteiger partial charge in [0.15, 0.2) is 0 Å². The minimum absolute atomic E-state index is 0.0122. The molecule has 2 fully saturated rings. The van der Waals surface area contributed by atoms with Gasteiger partial charge >= 0.3 is 0 Å². The fourth-order valence-corrected chi connectivity index (χ4v) is 4.63. The van der Waals surface area contributed by atoms with Crippen molar-refractivity contribution >= 4 is 34.0 Å². The highest BCUT2D eigenvalue weighted by Gasteiger charge is 2.20. The van der Waals surface area contributed by atoms with Gasteiger partial charge in [-0.3, -0.25) is 4.79 Å². The van der Waals surface area contributed by atoms with E-state index in [9.17, 15) is 4.79 Å². The molecular formula is C27H31N5O3. The lowest BCUT2D eigenvalue weighted by molar-refractivity contribution is -0.126. The standard InChI is InChI=1S/C27H31N5O3/c1-3-26(33)32-12-10-31(11-13-32)21-7-8-24-23(16-21)27(29-18-28-24)30-20-6-9-25(19(2)15-20)35-22-5-4-14-34-17-22/h3,6-9,15-16,18,22H,1,4-5,10-14,17H2,2H3,(H,28,29,30)/t22-/m1/s1. The monoisotopic (exact) mass is 473 g/mol. The summed E-state index contributed by atoms with van der Waals surface area (Å²) in [5.74, 6) is 1.63. The summed E-state index contributed by atoms with van der Waals surface area (Å²) in [6.45, 7) is 10.0. The molecule has 0 saturated carbocycles. The second kappa shape index (κ2) is 10.3. The number of amides is 1. The summed E-state index contributed by atoms with van der Waals surface area (Å²) < 4.78 is 11.7. The first kappa shape index (κ1) is 23.1. The first-order chi connectivity index (χ1) is 17.1. The van der Waals surface area contributed by atoms with E-state index in [1.807, 2.05) is 23.1 Å². The van der Waals surface area contributed by atoms with E-state index in [4.69, 9.17) is 9.47 Å². The van der Waals surface area contributed by atoms with E-state index in [1.165, 1.54) is 6.08 Å². The zero-order valence-electron chi connectivity index (χ0n) is 20.1. The minimum Gasteiger partial charge on any atom is -0.488 e. The van der Waals surface area contributed by atoms with Gasteiger partial charge in [0.1, 0.15) is 24.0 Å². The highest BCUT2D eigenvalue weighted by atomic mass is 16.5. The molecule has 1 atom stereocenters. The Morgan fingerprint density at radius 2 is 2.03 bits per heavy atom. The number of rotatable bonds is 6. The maximum Gasteiger partial charge on any atom is 0.246 e. The molecule has 182 valence electrons. The first-order valence-corrected chi connectivity index (χ1v) is 12.1. The molecule has 2 aliphatic heterocycles. The van der Waals surface area contributed by atoms with Crippen LogP contribution in [0.4, 0.5) is 17.2 Å². The van der Waals surface area contributed by atoms with Gasteiger partial charge in [-0.25, -0.2) is 9.97 Å². The average molecular weight is 474 g/mol. The Kier molecular flexibility index (Phi) is 6.81. The van der Waals surface area contributed by atoms with E-state index in [-0.39, 0.29) is 12.0 Å². The fraction of sp³-hybridized carbons (Fsp3) is 0.370. The number of piperazine rings is 1. The van der Waals surface area contributed by atoms with Crippen LogP contribution in [-0.2, 0) is 9.53 Å². The summed E-state index contributed by atoms with van der Waals surface area (Å²) in [7, 11) is 0. The molecule has 0 radical (unpaired) electrons. The highest BCUT2D eigenvalue weighted by molar-refractivity contribution is 5.93. The molecule has 2 aliphatic rings. The summed E-state index contributed by atoms with van der Waals surface area (Å²) in [5.41, 5.74) is 3.97. The normalized spacial score (nSPS) is 18.4. The van der Waals surface area contributed by atoms with Crippen molar-refractivity contribution in [1.82, 2.24) is 14.9 Å². The molecular weight excluding hydrogens is 442 g/mol. The number of fused-ring (bicyclic) bond motifs is 1. The molecule has 1 aromatic heterocycles. The van der Waals surface area contributed by atoms with Gasteiger partial charge in [-0.05, 0) is 67.8 Å². The molecule has 3 heterocycles. The van der Waals surface area contributed by atoms with Crippen LogP contribution in [0, 0.1) is 6.92 Å². The number of benzene rings is 2. The smallest absolute Gasteiger partial charge is 0.246 e. The Bertz CT molecular complexity index is 1220. The van der Waals surface area contributed by atoms with Gasteiger partial charge in [-0.1, -0.05) is 6.58 Å². The van der Waals surface area contributed by atoms with Crippen molar-refractivity contribution in [2.24, 2.45) is 0 Å². The van der Waals surface area contributed by atoms with E-state index in [1.54, 1.807) is 6.33 Å². The summed E-state index contributed by atoms with van der Waals surface area (Å²) in [6, 6.07) is 12.3. The minimum atomic E-state index is -0.0122. The molecule has 0 spiro atoms. The van der Waals surface area contributed by atoms with Crippen molar-refractivity contribution in [3.8, 4) is 5.75 Å². The number of nitrogens with zero attached hydrogens (tertiary/aromatic N) is 4. The van der Waals surface area contributed by atoms with Crippen LogP contribution in [0.2, 0.25) is 0 Å². The summed E-state index contributed by atoms with van der Waals surface area (Å²) in [5, 5.41) is 4.42. The van der Waals surface area contributed by atoms with Gasteiger partial charge in [-0.2, -0.15) is 0 Å². The molecule has 5 rings (SSSR count). The summed E-state index contributed by atoms with van der Waals surface area (Å²) in [4.78, 5) is 25.0. The lowest BCUT2D eigenvalue weighted by Crippen LogP contribution is -2.48. The van der Waals surface area contributed by atoms with Gasteiger partial charge in [0.2, 0.25) is 5.91 Å². The van der Waals surface area contributed by atoms with E-state index in [2.05, 4.69) is 51.9 Å². The number of ether oxygens (including phenoxy) is 2. The molecule has 1 N–H and O–H groups in total. The third kappa shape index (κ3) is 5.22. The molecule has 2 saturated heterocycles. The Hall–Kier alpha value is -3.65. The van der Waals surface area contributed by atoms with Gasteiger partial charge in [-0.15, -0.1) is 0 Å². The maximum atomic E-state index is 11.9. The van der Waals surface area contributed by atoms with Crippen LogP contribution in [0.1, 0.15) is 18.4 Å². The SMILES string of the molecule is C=CC(=O)N1CCN(c2ccc3ncnc(Nc4ccc(O[C@@H]5CCCOC5)c(C)c4)c3c2)CC1. The van der Waals surface area contributed by atoms with Gasteiger partial charge < -0.3 is 24.6 Å². The van der Waals surface area contributed by atoms with E-state index in [0.717, 1.165) is 71.9 Å². The van der Waals surface area contributed by atoms with E-state index < -0.39 is 0 Å². The molecule has 0 unspecified atom stereocenters. The summed E-state index contributed by atoms with van der Waals surface area (Å²) >= 11 is 0. The number of carbonyl (C=O) groups excluding carboxylic acids is 1. The van der Waals surface area contributed by atoms with Crippen LogP contribution in [0.5, 0.6) is 5.75 Å². The third-order valence-corrected chi connectivity index (χ3v) is 6.60. The Morgan fingerprint density at radius 3 is 2.77 bits per heavy atom. The largest absolute Gasteiger partial charge is 0.488 e. The van der Waals surface area contributed by atoms with Crippen molar-refractivity contribution in [3.05, 3.63) is 60.9 Å². The second-order valence-corrected chi connectivity index (χ2v) is 9.00. The van der Waals surface area contributed by atoms with Crippen LogP contribution in [-0.4, -0.2) is 66.3 Å². The third-order valence-electron chi connectivity index (χ3n) is 6.60. The van der Waals surface area contributed by atoms with Crippen molar-refractivity contribution < 1.29 is 14.3 Å². The molecule has 2 aromatic carbocycles. The van der Waals surface area contributed by atoms with Crippen LogP contribution < -0.4 is 15.0 Å². The molecule has 1 amide bonds. The predicted molar refractivity (Wildman–Crippen MR) is 137 cm³/mol. The molecule has 8 heteroatoms. The van der Waals surface area contributed by atoms with Crippen molar-refractivity contribution in [1.29, 1.82) is 0 Å². The van der Waals surface area contributed by atoms with Gasteiger partial charge in [0.05, 0.1) is 12.1 Å². The molecule has 0 bridgehead atoms. The Balaban J connectivity index is 1.33. The summed E-state index contributed by atoms with van der Waals surface area (Å²) in [6.07, 6.45) is 5.13. The molecule has 3 aromatic rings. The average Bonchev–Trinajstić information content (AvgIpc) is 2.90. The number of aryl methyl sites for hydroxylation is 1. The van der Waals surface area contributed by atoms with E-state index in [0.29, 0.717) is 19.7 Å². The molecule has 8 nitrogen and oxygen atoms in total. The first-order valence-electron chi connectivity index (χ1n) is 12.1. The second-order valence-electron chi connectivity index (χ2n) is 9.00. The fourth-order valence-electron chi connectivity index (χ4n) is 4.63. The van der Waals surface area contributed by atoms with Gasteiger partial charge in [0.25, 0.3) is 0 Å². The number of aromatic nitrogens is 2. The number of carbonyl (C=O) groups is 1. The number of hydrogen-bond acceptors (Lipinski definition) is 7. The van der Waals surface area contributed by atoms with Crippen molar-refractivity contribution in [3.63, 3.8) is 0 Å². The van der Waals surface area contributed by atoms with Crippen LogP contribution in [0.25, 0.3) is 10.9 Å². The number of hydrogen-bond donors (Lipinski definition) is 1. The topological polar surface area (TPSA) is 79.8 Å². The number of anilines is 3. The van der Waals surface area contributed by atoms with Crippen molar-refractivity contribution in [2.75, 3.05) is 49.6 Å². The van der Waals surface area contributed by atoms with E-state index >= 15 is 0 Å². The lowest BCUT2D eigenvalue weighted by Gasteiger charge is -2.35. The van der Waals surface area contributed by atoms with Crippen LogP contribution >= 0.6 is 0 Å². The van der Waals surface area contributed by atoms with Crippen LogP contribution in [0.15, 0.2) is 55.4 Å². The van der Waals surface area contributed by atoms with Crippen LogP contribution in [0.3, 0.4) is 0 Å². The quantitative estimate of drug-likeness (QED) is 0.541. The number of nitrogens with one attached hydrogen (secondary N) is 1. The lowest BCUT2D eigenvalue weighted by atomic mass is 10.1. The molecule has 0 aliphatic carbocycles. The van der Waals surface area contributed by atoms with Crippen molar-refractivity contribution in [2.45, 2.75) is 25.9 Å². The zero-order chi connectivity index (χ0) is 24.2. The highest BCUT2D eigenvalue weighted by Crippen LogP contribution is 2.30. The molecule has 35 heavy (non-hydrogen) atoms. The Morgan fingerprint density at radius 1 is 1.17 bits per heavy atom. The zero-order valence-corrected chi connectivity index (χ0v) is 20.1.